The summed E-state index contributed by atoms with van der Waals surface area (Å²) < 4.78 is 0. The summed E-state index contributed by atoms with van der Waals surface area (Å²) in [7, 11) is 0. The van der Waals surface area contributed by atoms with E-state index in [1.807, 2.05) is 35.7 Å². The molecule has 0 atom stereocenters. The molecule has 3 nitrogen and oxygen atoms in total. The molecule has 116 valence electrons. The second-order valence-corrected chi connectivity index (χ2v) is 6.42. The molecule has 3 aromatic rings. The number of nitrogens with zero attached hydrogens (tertiary/aromatic N) is 1. The van der Waals surface area contributed by atoms with Crippen LogP contribution in [0.2, 0.25) is 0 Å². The minimum atomic E-state index is -0.0435. The number of carbonyl (C=O) groups is 1. The molecule has 0 aliphatic heterocycles. The van der Waals surface area contributed by atoms with E-state index in [1.165, 1.54) is 22.5 Å². The number of rotatable bonds is 4. The lowest BCUT2D eigenvalue weighted by molar-refractivity contribution is -0.115. The lowest BCUT2D eigenvalue weighted by atomic mass is 10.0. The largest absolute Gasteiger partial charge is 0.302 e. The van der Waals surface area contributed by atoms with Gasteiger partial charge in [-0.15, -0.1) is 11.3 Å². The van der Waals surface area contributed by atoms with Crippen molar-refractivity contribution in [2.75, 3.05) is 5.32 Å². The van der Waals surface area contributed by atoms with Gasteiger partial charge in [0.25, 0.3) is 0 Å². The van der Waals surface area contributed by atoms with Gasteiger partial charge >= 0.3 is 0 Å². The average Bonchev–Trinajstić information content (AvgIpc) is 2.98. The maximum Gasteiger partial charge on any atom is 0.230 e. The number of amides is 1. The molecular formula is C19H18N2OS. The summed E-state index contributed by atoms with van der Waals surface area (Å²) in [5.74, 6) is -0.0435. The molecule has 0 saturated heterocycles. The van der Waals surface area contributed by atoms with Gasteiger partial charge in [0.05, 0.1) is 12.1 Å². The smallest absolute Gasteiger partial charge is 0.230 e. The van der Waals surface area contributed by atoms with Crippen LogP contribution in [0.5, 0.6) is 0 Å². The first-order chi connectivity index (χ1) is 11.1. The fraction of sp³-hybridized carbons (Fsp3) is 0.158. The molecule has 0 unspecified atom stereocenters. The van der Waals surface area contributed by atoms with E-state index < -0.39 is 0 Å². The molecule has 1 amide bonds. The van der Waals surface area contributed by atoms with Gasteiger partial charge in [0.2, 0.25) is 5.91 Å². The number of carbonyl (C=O) groups excluding carboxylic acids is 1. The lowest BCUT2D eigenvalue weighted by Crippen LogP contribution is -2.14. The summed E-state index contributed by atoms with van der Waals surface area (Å²) in [6.07, 6.45) is 0.360. The van der Waals surface area contributed by atoms with Gasteiger partial charge in [-0.1, -0.05) is 48.0 Å². The van der Waals surface area contributed by atoms with Crippen LogP contribution in [0, 0.1) is 13.8 Å². The van der Waals surface area contributed by atoms with Crippen molar-refractivity contribution in [3.8, 4) is 11.3 Å². The number of anilines is 1. The topological polar surface area (TPSA) is 42.0 Å². The zero-order chi connectivity index (χ0) is 16.2. The highest BCUT2D eigenvalue weighted by molar-refractivity contribution is 7.14. The SMILES string of the molecule is Cc1ccc(C)c(-c2csc(NC(=O)Cc3ccccc3)n2)c1. The molecule has 1 N–H and O–H groups in total. The van der Waals surface area contributed by atoms with E-state index >= 15 is 0 Å². The van der Waals surface area contributed by atoms with Gasteiger partial charge in [-0.2, -0.15) is 0 Å². The standard InChI is InChI=1S/C19H18N2OS/c1-13-8-9-14(2)16(10-13)17-12-23-19(20-17)21-18(22)11-15-6-4-3-5-7-15/h3-10,12H,11H2,1-2H3,(H,20,21,22). The molecule has 1 heterocycles. The maximum atomic E-state index is 12.1. The Labute approximate surface area is 140 Å². The van der Waals surface area contributed by atoms with Crippen molar-refractivity contribution in [1.29, 1.82) is 0 Å². The maximum absolute atomic E-state index is 12.1. The molecule has 0 fully saturated rings. The van der Waals surface area contributed by atoms with Crippen molar-refractivity contribution >= 4 is 22.4 Å². The molecular weight excluding hydrogens is 304 g/mol. The summed E-state index contributed by atoms with van der Waals surface area (Å²) in [6, 6.07) is 16.0. The highest BCUT2D eigenvalue weighted by Gasteiger charge is 2.10. The first-order valence-electron chi connectivity index (χ1n) is 7.49. The lowest BCUT2D eigenvalue weighted by Gasteiger charge is -2.04. The molecule has 0 radical (unpaired) electrons. The minimum Gasteiger partial charge on any atom is -0.302 e. The molecule has 4 heteroatoms. The van der Waals surface area contributed by atoms with Crippen molar-refractivity contribution in [3.63, 3.8) is 0 Å². The monoisotopic (exact) mass is 322 g/mol. The van der Waals surface area contributed by atoms with Gasteiger partial charge in [0.15, 0.2) is 5.13 Å². The number of aryl methyl sites for hydroxylation is 2. The predicted octanol–water partition coefficient (Wildman–Crippen LogP) is 4.61. The quantitative estimate of drug-likeness (QED) is 0.762. The number of benzene rings is 2. The van der Waals surface area contributed by atoms with Gasteiger partial charge < -0.3 is 5.32 Å². The number of aromatic nitrogens is 1. The van der Waals surface area contributed by atoms with Gasteiger partial charge in [-0.3, -0.25) is 4.79 Å². The average molecular weight is 322 g/mol. The molecule has 0 spiro atoms. The van der Waals surface area contributed by atoms with E-state index in [2.05, 4.69) is 42.3 Å². The van der Waals surface area contributed by atoms with Crippen LogP contribution in [0.25, 0.3) is 11.3 Å². The van der Waals surface area contributed by atoms with E-state index in [9.17, 15) is 4.79 Å². The summed E-state index contributed by atoms with van der Waals surface area (Å²) in [5, 5.41) is 5.51. The third kappa shape index (κ3) is 3.85. The van der Waals surface area contributed by atoms with Crippen molar-refractivity contribution in [3.05, 3.63) is 70.6 Å². The van der Waals surface area contributed by atoms with E-state index in [0.29, 0.717) is 11.6 Å². The molecule has 3 rings (SSSR count). The number of hydrogen-bond donors (Lipinski definition) is 1. The Morgan fingerprint density at radius 1 is 1.13 bits per heavy atom. The highest BCUT2D eigenvalue weighted by atomic mass is 32.1. The van der Waals surface area contributed by atoms with Crippen LogP contribution in [0.1, 0.15) is 16.7 Å². The predicted molar refractivity (Wildman–Crippen MR) is 95.8 cm³/mol. The fourth-order valence-corrected chi connectivity index (χ4v) is 3.14. The Balaban J connectivity index is 1.72. The summed E-state index contributed by atoms with van der Waals surface area (Å²) in [6.45, 7) is 4.14. The van der Waals surface area contributed by atoms with Gasteiger partial charge in [0.1, 0.15) is 0 Å². The van der Waals surface area contributed by atoms with Crippen LogP contribution in [0.3, 0.4) is 0 Å². The normalized spacial score (nSPS) is 10.5. The second kappa shape index (κ2) is 6.75. The molecule has 0 saturated carbocycles. The summed E-state index contributed by atoms with van der Waals surface area (Å²) >= 11 is 1.45. The van der Waals surface area contributed by atoms with Crippen molar-refractivity contribution in [2.45, 2.75) is 20.3 Å². The van der Waals surface area contributed by atoms with Gasteiger partial charge in [-0.05, 0) is 31.0 Å². The minimum absolute atomic E-state index is 0.0435. The van der Waals surface area contributed by atoms with Crippen LogP contribution < -0.4 is 5.32 Å². The van der Waals surface area contributed by atoms with E-state index in [0.717, 1.165) is 16.8 Å². The number of thiazole rings is 1. The second-order valence-electron chi connectivity index (χ2n) is 5.57. The van der Waals surface area contributed by atoms with E-state index in [4.69, 9.17) is 0 Å². The van der Waals surface area contributed by atoms with Gasteiger partial charge in [-0.25, -0.2) is 4.98 Å². The third-order valence-corrected chi connectivity index (χ3v) is 4.38. The summed E-state index contributed by atoms with van der Waals surface area (Å²) in [4.78, 5) is 16.7. The molecule has 0 aliphatic rings. The summed E-state index contributed by atoms with van der Waals surface area (Å²) in [5.41, 5.74) is 5.41. The Bertz CT molecular complexity index is 824. The Morgan fingerprint density at radius 3 is 2.70 bits per heavy atom. The fourth-order valence-electron chi connectivity index (χ4n) is 2.41. The van der Waals surface area contributed by atoms with E-state index in [1.54, 1.807) is 0 Å². The van der Waals surface area contributed by atoms with E-state index in [-0.39, 0.29) is 5.91 Å². The van der Waals surface area contributed by atoms with Crippen LogP contribution in [-0.4, -0.2) is 10.9 Å². The number of nitrogens with one attached hydrogen (secondary N) is 1. The molecule has 0 bridgehead atoms. The zero-order valence-corrected chi connectivity index (χ0v) is 14.0. The first kappa shape index (κ1) is 15.4. The number of hydrogen-bond acceptors (Lipinski definition) is 3. The van der Waals surface area contributed by atoms with Gasteiger partial charge in [0, 0.05) is 10.9 Å². The van der Waals surface area contributed by atoms with Crippen molar-refractivity contribution in [1.82, 2.24) is 4.98 Å². The van der Waals surface area contributed by atoms with Crippen LogP contribution >= 0.6 is 11.3 Å². The van der Waals surface area contributed by atoms with Crippen LogP contribution in [-0.2, 0) is 11.2 Å². The molecule has 23 heavy (non-hydrogen) atoms. The highest BCUT2D eigenvalue weighted by Crippen LogP contribution is 2.28. The third-order valence-electron chi connectivity index (χ3n) is 3.63. The Kier molecular flexibility index (Phi) is 4.53. The molecule has 1 aromatic heterocycles. The van der Waals surface area contributed by atoms with Crippen LogP contribution in [0.15, 0.2) is 53.9 Å². The Morgan fingerprint density at radius 2 is 1.91 bits per heavy atom. The van der Waals surface area contributed by atoms with Crippen molar-refractivity contribution in [2.24, 2.45) is 0 Å². The zero-order valence-electron chi connectivity index (χ0n) is 13.2. The van der Waals surface area contributed by atoms with Crippen LogP contribution in [0.4, 0.5) is 5.13 Å². The molecule has 0 aliphatic carbocycles. The molecule has 2 aromatic carbocycles. The van der Waals surface area contributed by atoms with Crippen molar-refractivity contribution < 1.29 is 4.79 Å². The Hall–Kier alpha value is -2.46. The first-order valence-corrected chi connectivity index (χ1v) is 8.37.